The zero-order chi connectivity index (χ0) is 23.1. The van der Waals surface area contributed by atoms with Gasteiger partial charge in [0.2, 0.25) is 6.10 Å². The van der Waals surface area contributed by atoms with Gasteiger partial charge in [-0.15, -0.1) is 0 Å². The predicted octanol–water partition coefficient (Wildman–Crippen LogP) is 4.03. The fraction of sp³-hybridized carbons (Fsp3) is 0.167. The minimum absolute atomic E-state index is 0.0155. The molecule has 0 fully saturated rings. The number of amides is 1. The first-order chi connectivity index (χ1) is 15.3. The molecule has 166 valence electrons. The molecule has 0 aliphatic rings. The first-order valence-electron chi connectivity index (χ1n) is 9.88. The lowest BCUT2D eigenvalue weighted by Crippen LogP contribution is -2.26. The molecular weight excluding hydrogens is 430 g/mol. The lowest BCUT2D eigenvalue weighted by Gasteiger charge is -2.19. The van der Waals surface area contributed by atoms with E-state index in [2.05, 4.69) is 5.32 Å². The van der Waals surface area contributed by atoms with E-state index in [4.69, 9.17) is 9.47 Å². The minimum atomic E-state index is -3.51. The van der Waals surface area contributed by atoms with Gasteiger partial charge >= 0.3 is 5.97 Å². The molecule has 3 rings (SSSR count). The van der Waals surface area contributed by atoms with Crippen molar-refractivity contribution in [3.63, 3.8) is 0 Å². The van der Waals surface area contributed by atoms with Crippen LogP contribution in [0.1, 0.15) is 28.9 Å². The molecule has 0 heterocycles. The highest BCUT2D eigenvalue weighted by Gasteiger charge is 2.27. The Kier molecular flexibility index (Phi) is 7.27. The molecule has 0 aliphatic carbocycles. The summed E-state index contributed by atoms with van der Waals surface area (Å²) in [4.78, 5) is 25.9. The van der Waals surface area contributed by atoms with Gasteiger partial charge in [-0.25, -0.2) is 13.2 Å². The number of nitrogens with one attached hydrogen (secondary N) is 1. The maximum absolute atomic E-state index is 13.1. The van der Waals surface area contributed by atoms with E-state index in [1.165, 1.54) is 24.3 Å². The molecule has 0 spiro atoms. The normalized spacial score (nSPS) is 11.9. The van der Waals surface area contributed by atoms with Crippen LogP contribution in [0, 0.1) is 0 Å². The molecule has 0 bridgehead atoms. The highest BCUT2D eigenvalue weighted by atomic mass is 32.2. The summed E-state index contributed by atoms with van der Waals surface area (Å²) in [5, 5.41) is 2.75. The summed E-state index contributed by atoms with van der Waals surface area (Å²) in [6, 6.07) is 21.0. The molecule has 0 aromatic heterocycles. The minimum Gasteiger partial charge on any atom is -0.492 e. The third-order valence-corrected chi connectivity index (χ3v) is 5.62. The molecule has 7 nitrogen and oxygen atoms in total. The van der Waals surface area contributed by atoms with Crippen LogP contribution in [0.5, 0.6) is 5.75 Å². The molecular formula is C24H23NO6S. The first kappa shape index (κ1) is 23.0. The Morgan fingerprint density at radius 3 is 2.31 bits per heavy atom. The lowest BCUT2D eigenvalue weighted by atomic mass is 10.1. The van der Waals surface area contributed by atoms with Crippen molar-refractivity contribution in [1.29, 1.82) is 0 Å². The van der Waals surface area contributed by atoms with Crippen molar-refractivity contribution >= 4 is 27.4 Å². The second kappa shape index (κ2) is 10.1. The van der Waals surface area contributed by atoms with Gasteiger partial charge in [-0.3, -0.25) is 4.79 Å². The van der Waals surface area contributed by atoms with Crippen LogP contribution in [0.2, 0.25) is 0 Å². The van der Waals surface area contributed by atoms with Crippen LogP contribution in [0.25, 0.3) is 0 Å². The van der Waals surface area contributed by atoms with E-state index in [0.717, 1.165) is 6.26 Å². The monoisotopic (exact) mass is 453 g/mol. The van der Waals surface area contributed by atoms with Gasteiger partial charge in [-0.2, -0.15) is 0 Å². The number of esters is 1. The summed E-state index contributed by atoms with van der Waals surface area (Å²) in [6.07, 6.45) is -0.215. The van der Waals surface area contributed by atoms with Crippen molar-refractivity contribution in [2.24, 2.45) is 0 Å². The van der Waals surface area contributed by atoms with Crippen LogP contribution in [-0.2, 0) is 19.4 Å². The van der Waals surface area contributed by atoms with Crippen molar-refractivity contribution in [1.82, 2.24) is 0 Å². The molecule has 0 unspecified atom stereocenters. The molecule has 0 saturated carbocycles. The number of sulfone groups is 1. The van der Waals surface area contributed by atoms with Gasteiger partial charge in [0.15, 0.2) is 9.84 Å². The number of benzene rings is 3. The van der Waals surface area contributed by atoms with E-state index in [0.29, 0.717) is 23.6 Å². The average Bonchev–Trinajstić information content (AvgIpc) is 2.79. The Morgan fingerprint density at radius 1 is 0.938 bits per heavy atom. The summed E-state index contributed by atoms with van der Waals surface area (Å²) in [5.74, 6) is -0.907. The van der Waals surface area contributed by atoms with E-state index in [1.54, 1.807) is 54.6 Å². The fourth-order valence-electron chi connectivity index (χ4n) is 2.98. The lowest BCUT2D eigenvalue weighted by molar-refractivity contribution is -0.125. The van der Waals surface area contributed by atoms with Gasteiger partial charge in [0.1, 0.15) is 5.75 Å². The smallest absolute Gasteiger partial charge is 0.339 e. The van der Waals surface area contributed by atoms with Gasteiger partial charge < -0.3 is 14.8 Å². The highest BCUT2D eigenvalue weighted by molar-refractivity contribution is 7.90. The van der Waals surface area contributed by atoms with Gasteiger partial charge in [0, 0.05) is 11.8 Å². The zero-order valence-corrected chi connectivity index (χ0v) is 18.5. The summed E-state index contributed by atoms with van der Waals surface area (Å²) < 4.78 is 34.7. The summed E-state index contributed by atoms with van der Waals surface area (Å²) in [7, 11) is -3.51. The third kappa shape index (κ3) is 5.73. The molecule has 0 radical (unpaired) electrons. The molecule has 1 atom stereocenters. The maximum Gasteiger partial charge on any atom is 0.339 e. The topological polar surface area (TPSA) is 98.8 Å². The number of hydrogen-bond acceptors (Lipinski definition) is 6. The van der Waals surface area contributed by atoms with Crippen LogP contribution >= 0.6 is 0 Å². The van der Waals surface area contributed by atoms with E-state index in [-0.39, 0.29) is 10.5 Å². The van der Waals surface area contributed by atoms with Crippen LogP contribution < -0.4 is 10.1 Å². The fourth-order valence-corrected chi connectivity index (χ4v) is 3.65. The third-order valence-electron chi connectivity index (χ3n) is 4.51. The van der Waals surface area contributed by atoms with Crippen LogP contribution in [0.15, 0.2) is 83.8 Å². The Hall–Kier alpha value is -3.65. The number of para-hydroxylation sites is 2. The van der Waals surface area contributed by atoms with Crippen molar-refractivity contribution in [3.05, 3.63) is 90.0 Å². The molecule has 32 heavy (non-hydrogen) atoms. The first-order valence-corrected chi connectivity index (χ1v) is 11.8. The quantitative estimate of drug-likeness (QED) is 0.517. The Morgan fingerprint density at radius 2 is 1.62 bits per heavy atom. The highest BCUT2D eigenvalue weighted by Crippen LogP contribution is 2.27. The van der Waals surface area contributed by atoms with Crippen molar-refractivity contribution in [2.45, 2.75) is 17.9 Å². The van der Waals surface area contributed by atoms with Crippen LogP contribution in [-0.4, -0.2) is 33.2 Å². The van der Waals surface area contributed by atoms with Crippen LogP contribution in [0.4, 0.5) is 5.69 Å². The number of hydrogen-bond donors (Lipinski definition) is 1. The van der Waals surface area contributed by atoms with Gasteiger partial charge in [-0.05, 0) is 37.3 Å². The second-order valence-electron chi connectivity index (χ2n) is 6.91. The molecule has 0 saturated heterocycles. The largest absolute Gasteiger partial charge is 0.492 e. The number of rotatable bonds is 8. The Bertz CT molecular complexity index is 1210. The Labute approximate surface area is 186 Å². The molecule has 0 aliphatic heterocycles. The second-order valence-corrected chi connectivity index (χ2v) is 8.93. The van der Waals surface area contributed by atoms with Gasteiger partial charge in [0.05, 0.1) is 22.8 Å². The van der Waals surface area contributed by atoms with E-state index < -0.39 is 27.8 Å². The average molecular weight is 454 g/mol. The summed E-state index contributed by atoms with van der Waals surface area (Å²) in [6.45, 7) is 2.25. The number of carbonyl (C=O) groups is 2. The Balaban J connectivity index is 1.89. The van der Waals surface area contributed by atoms with E-state index in [9.17, 15) is 18.0 Å². The van der Waals surface area contributed by atoms with Crippen molar-refractivity contribution in [2.75, 3.05) is 18.2 Å². The van der Waals surface area contributed by atoms with Crippen molar-refractivity contribution in [3.8, 4) is 5.75 Å². The van der Waals surface area contributed by atoms with Gasteiger partial charge in [-0.1, -0.05) is 48.5 Å². The molecule has 3 aromatic carbocycles. The predicted molar refractivity (Wildman–Crippen MR) is 120 cm³/mol. The van der Waals surface area contributed by atoms with Crippen molar-refractivity contribution < 1.29 is 27.5 Å². The van der Waals surface area contributed by atoms with E-state index >= 15 is 0 Å². The SMILES string of the molecule is CCOc1ccccc1NC(=O)[C@@H](OC(=O)c1cccc(S(C)(=O)=O)c1)c1ccccc1. The zero-order valence-electron chi connectivity index (χ0n) is 17.6. The maximum atomic E-state index is 13.1. The molecule has 3 aromatic rings. The molecule has 1 amide bonds. The number of carbonyl (C=O) groups excluding carboxylic acids is 2. The summed E-state index contributed by atoms with van der Waals surface area (Å²) in [5.41, 5.74) is 0.929. The number of ether oxygens (including phenoxy) is 2. The molecule has 8 heteroatoms. The standard InChI is InChI=1S/C24H23NO6S/c1-3-30-21-15-8-7-14-20(21)25-23(26)22(17-10-5-4-6-11-17)31-24(27)18-12-9-13-19(16-18)32(2,28)29/h4-16,22H,3H2,1-2H3,(H,25,26)/t22-/m0/s1. The summed E-state index contributed by atoms with van der Waals surface area (Å²) >= 11 is 0. The molecule has 1 N–H and O–H groups in total. The van der Waals surface area contributed by atoms with Gasteiger partial charge in [0.25, 0.3) is 5.91 Å². The van der Waals surface area contributed by atoms with E-state index in [1.807, 2.05) is 6.92 Å². The number of anilines is 1. The van der Waals surface area contributed by atoms with Crippen LogP contribution in [0.3, 0.4) is 0 Å².